The molecule has 0 aliphatic heterocycles. The molecule has 0 spiro atoms. The molecule has 2 aromatic carbocycles. The number of nitrogens with one attached hydrogen (secondary N) is 1. The lowest BCUT2D eigenvalue weighted by Gasteiger charge is -2.10. The minimum Gasteiger partial charge on any atom is -0.326 e. The number of benzene rings is 2. The predicted octanol–water partition coefficient (Wildman–Crippen LogP) is 3.79. The second-order valence-electron chi connectivity index (χ2n) is 6.21. The quantitative estimate of drug-likeness (QED) is 0.898. The molecule has 2 aromatic rings. The van der Waals surface area contributed by atoms with Crippen molar-refractivity contribution in [1.82, 2.24) is 0 Å². The summed E-state index contributed by atoms with van der Waals surface area (Å²) in [6.07, 6.45) is 1.94. The van der Waals surface area contributed by atoms with Crippen molar-refractivity contribution in [2.75, 3.05) is 11.6 Å². The molecule has 0 aromatic heterocycles. The molecule has 0 radical (unpaired) electrons. The van der Waals surface area contributed by atoms with Gasteiger partial charge in [0.1, 0.15) is 0 Å². The van der Waals surface area contributed by atoms with Gasteiger partial charge in [-0.25, -0.2) is 8.42 Å². The minimum atomic E-state index is -3.25. The number of hydrogen-bond acceptors (Lipinski definition) is 3. The van der Waals surface area contributed by atoms with Crippen LogP contribution in [0.4, 0.5) is 5.69 Å². The van der Waals surface area contributed by atoms with E-state index < -0.39 is 9.84 Å². The molecular weight excluding hydrogens is 346 g/mol. The zero-order valence-electron chi connectivity index (χ0n) is 13.4. The van der Waals surface area contributed by atoms with Crippen molar-refractivity contribution in [3.63, 3.8) is 0 Å². The monoisotopic (exact) mass is 363 g/mol. The molecule has 2 atom stereocenters. The van der Waals surface area contributed by atoms with Crippen molar-refractivity contribution < 1.29 is 13.2 Å². The van der Waals surface area contributed by atoms with Crippen LogP contribution in [0.15, 0.2) is 47.4 Å². The summed E-state index contributed by atoms with van der Waals surface area (Å²) < 4.78 is 23.1. The second-order valence-corrected chi connectivity index (χ2v) is 8.63. The van der Waals surface area contributed by atoms with Crippen LogP contribution < -0.4 is 5.32 Å². The van der Waals surface area contributed by atoms with Crippen molar-refractivity contribution in [1.29, 1.82) is 0 Å². The van der Waals surface area contributed by atoms with E-state index in [-0.39, 0.29) is 22.6 Å². The summed E-state index contributed by atoms with van der Waals surface area (Å²) in [4.78, 5) is 12.7. The predicted molar refractivity (Wildman–Crippen MR) is 95.2 cm³/mol. The highest BCUT2D eigenvalue weighted by Crippen LogP contribution is 2.50. The fraction of sp³-hybridized carbons (Fsp3) is 0.278. The average molecular weight is 364 g/mol. The van der Waals surface area contributed by atoms with Gasteiger partial charge in [0.2, 0.25) is 5.91 Å². The maximum atomic E-state index is 12.4. The van der Waals surface area contributed by atoms with Gasteiger partial charge in [-0.15, -0.1) is 0 Å². The van der Waals surface area contributed by atoms with Crippen LogP contribution >= 0.6 is 11.6 Å². The number of hydrogen-bond donors (Lipinski definition) is 1. The van der Waals surface area contributed by atoms with Gasteiger partial charge in [-0.05, 0) is 54.7 Å². The molecule has 24 heavy (non-hydrogen) atoms. The fourth-order valence-corrected chi connectivity index (χ4v) is 3.82. The topological polar surface area (TPSA) is 63.2 Å². The van der Waals surface area contributed by atoms with E-state index in [0.717, 1.165) is 17.5 Å². The first-order valence-electron chi connectivity index (χ1n) is 7.63. The van der Waals surface area contributed by atoms with Gasteiger partial charge in [0, 0.05) is 22.9 Å². The summed E-state index contributed by atoms with van der Waals surface area (Å²) in [6.45, 7) is 1.78. The van der Waals surface area contributed by atoms with Crippen LogP contribution in [0.5, 0.6) is 0 Å². The zero-order chi connectivity index (χ0) is 17.5. The number of carbonyl (C=O) groups is 1. The largest absolute Gasteiger partial charge is 0.326 e. The summed E-state index contributed by atoms with van der Waals surface area (Å²) in [6, 6.07) is 12.3. The standard InChI is InChI=1S/C18H18ClNO3S/c1-11-9-12(24(2,22)23)7-8-17(11)20-18(21)15-10-14(15)13-5-3-4-6-16(13)19/h3-9,14-15H,10H2,1-2H3,(H,20,21). The molecule has 1 N–H and O–H groups in total. The van der Waals surface area contributed by atoms with Gasteiger partial charge >= 0.3 is 0 Å². The zero-order valence-corrected chi connectivity index (χ0v) is 15.0. The highest BCUT2D eigenvalue weighted by atomic mass is 35.5. The molecule has 0 heterocycles. The van der Waals surface area contributed by atoms with Crippen LogP contribution in [-0.2, 0) is 14.6 Å². The van der Waals surface area contributed by atoms with Gasteiger partial charge in [0.05, 0.1) is 4.90 Å². The summed E-state index contributed by atoms with van der Waals surface area (Å²) in [5, 5.41) is 3.58. The maximum Gasteiger partial charge on any atom is 0.228 e. The Labute approximate surface area is 146 Å². The van der Waals surface area contributed by atoms with Crippen LogP contribution in [0.2, 0.25) is 5.02 Å². The lowest BCUT2D eigenvalue weighted by Crippen LogP contribution is -2.15. The van der Waals surface area contributed by atoms with Crippen LogP contribution in [0.25, 0.3) is 0 Å². The SMILES string of the molecule is Cc1cc(S(C)(=O)=O)ccc1NC(=O)C1CC1c1ccccc1Cl. The van der Waals surface area contributed by atoms with Gasteiger partial charge in [-0.1, -0.05) is 29.8 Å². The molecule has 4 nitrogen and oxygen atoms in total. The Bertz CT molecular complexity index is 908. The van der Waals surface area contributed by atoms with E-state index >= 15 is 0 Å². The summed E-state index contributed by atoms with van der Waals surface area (Å²) >= 11 is 6.19. The molecule has 0 saturated heterocycles. The summed E-state index contributed by atoms with van der Waals surface area (Å²) in [5.41, 5.74) is 2.36. The summed E-state index contributed by atoms with van der Waals surface area (Å²) in [7, 11) is -3.25. The average Bonchev–Trinajstić information content (AvgIpc) is 3.29. The molecule has 1 aliphatic carbocycles. The van der Waals surface area contributed by atoms with Gasteiger partial charge in [-0.3, -0.25) is 4.79 Å². The molecular formula is C18H18ClNO3S. The van der Waals surface area contributed by atoms with E-state index in [1.54, 1.807) is 19.1 Å². The third-order valence-corrected chi connectivity index (χ3v) is 5.77. The summed E-state index contributed by atoms with van der Waals surface area (Å²) in [5.74, 6) is -0.0108. The number of aryl methyl sites for hydroxylation is 1. The van der Waals surface area contributed by atoms with Crippen molar-refractivity contribution in [3.8, 4) is 0 Å². The van der Waals surface area contributed by atoms with Gasteiger partial charge in [0.15, 0.2) is 9.84 Å². The first-order chi connectivity index (χ1) is 11.3. The smallest absolute Gasteiger partial charge is 0.228 e. The molecule has 6 heteroatoms. The van der Waals surface area contributed by atoms with Gasteiger partial charge in [-0.2, -0.15) is 0 Å². The Balaban J connectivity index is 1.72. The van der Waals surface area contributed by atoms with E-state index in [4.69, 9.17) is 11.6 Å². The Morgan fingerprint density at radius 3 is 2.54 bits per heavy atom. The Kier molecular flexibility index (Phi) is 4.40. The number of sulfone groups is 1. The third kappa shape index (κ3) is 3.47. The molecule has 126 valence electrons. The van der Waals surface area contributed by atoms with Crippen molar-refractivity contribution >= 4 is 33.0 Å². The lowest BCUT2D eigenvalue weighted by molar-refractivity contribution is -0.117. The molecule has 1 saturated carbocycles. The Morgan fingerprint density at radius 2 is 1.92 bits per heavy atom. The Hall–Kier alpha value is -1.85. The van der Waals surface area contributed by atoms with Gasteiger partial charge in [0.25, 0.3) is 0 Å². The first-order valence-corrected chi connectivity index (χ1v) is 9.90. The molecule has 0 bridgehead atoms. The van der Waals surface area contributed by atoms with Crippen LogP contribution in [-0.4, -0.2) is 20.6 Å². The number of rotatable bonds is 4. The molecule has 2 unspecified atom stereocenters. The molecule has 1 fully saturated rings. The number of halogens is 1. The number of amides is 1. The molecule has 3 rings (SSSR count). The normalized spacial score (nSPS) is 19.8. The maximum absolute atomic E-state index is 12.4. The highest BCUT2D eigenvalue weighted by Gasteiger charge is 2.44. The second kappa shape index (κ2) is 6.22. The van der Waals surface area contributed by atoms with E-state index in [0.29, 0.717) is 10.7 Å². The van der Waals surface area contributed by atoms with Crippen molar-refractivity contribution in [2.24, 2.45) is 5.92 Å². The highest BCUT2D eigenvalue weighted by molar-refractivity contribution is 7.90. The Morgan fingerprint density at radius 1 is 1.21 bits per heavy atom. The molecule has 1 amide bonds. The van der Waals surface area contributed by atoms with E-state index in [9.17, 15) is 13.2 Å². The number of anilines is 1. The van der Waals surface area contributed by atoms with Crippen LogP contribution in [0.3, 0.4) is 0 Å². The first kappa shape index (κ1) is 17.0. The minimum absolute atomic E-state index is 0.0601. The third-order valence-electron chi connectivity index (χ3n) is 4.32. The number of carbonyl (C=O) groups excluding carboxylic acids is 1. The van der Waals surface area contributed by atoms with Gasteiger partial charge < -0.3 is 5.32 Å². The molecule has 1 aliphatic rings. The van der Waals surface area contributed by atoms with Crippen LogP contribution in [0.1, 0.15) is 23.5 Å². The van der Waals surface area contributed by atoms with E-state index in [1.807, 2.05) is 24.3 Å². The van der Waals surface area contributed by atoms with Crippen molar-refractivity contribution in [2.45, 2.75) is 24.2 Å². The van der Waals surface area contributed by atoms with Crippen molar-refractivity contribution in [3.05, 3.63) is 58.6 Å². The van der Waals surface area contributed by atoms with E-state index in [1.165, 1.54) is 12.3 Å². The van der Waals surface area contributed by atoms with Crippen LogP contribution in [0, 0.1) is 12.8 Å². The van der Waals surface area contributed by atoms with E-state index in [2.05, 4.69) is 5.32 Å². The fourth-order valence-electron chi connectivity index (χ4n) is 2.84. The lowest BCUT2D eigenvalue weighted by atomic mass is 10.1.